The van der Waals surface area contributed by atoms with Gasteiger partial charge in [-0.25, -0.2) is 8.78 Å². The van der Waals surface area contributed by atoms with Crippen LogP contribution in [0, 0.1) is 17.7 Å². The van der Waals surface area contributed by atoms with Crippen LogP contribution in [0.1, 0.15) is 108 Å². The van der Waals surface area contributed by atoms with E-state index in [4.69, 9.17) is 9.47 Å². The number of unbranched alkanes of at least 4 members (excludes halogenated alkanes) is 10. The number of rotatable bonds is 19. The highest BCUT2D eigenvalue weighted by Gasteiger charge is 2.42. The van der Waals surface area contributed by atoms with Gasteiger partial charge in [0.25, 0.3) is 0 Å². The van der Waals surface area contributed by atoms with E-state index in [2.05, 4.69) is 19.9 Å². The third-order valence-corrected chi connectivity index (χ3v) is 7.23. The zero-order chi connectivity index (χ0) is 29.5. The smallest absolute Gasteiger partial charge is 0.432 e. The Kier molecular flexibility index (Phi) is 13.5. The van der Waals surface area contributed by atoms with Crippen molar-refractivity contribution in [3.8, 4) is 17.2 Å². The van der Waals surface area contributed by atoms with Gasteiger partial charge in [0, 0.05) is 6.07 Å². The Labute approximate surface area is 243 Å². The topological polar surface area (TPSA) is 18.5 Å². The summed E-state index contributed by atoms with van der Waals surface area (Å²) in [5, 5.41) is 0. The summed E-state index contributed by atoms with van der Waals surface area (Å²) in [6.45, 7) is 4.36. The van der Waals surface area contributed by atoms with E-state index in [-0.39, 0.29) is 11.5 Å². The standard InChI is InChI=1S/C35H43F4O2/c1-3-5-7-9-10-11-12-14-16-28-19-23-30(24-20-28)41-35(38,39)33-31(36)25-26-32(34(33)37)40-29-21-17-27(18-22-29)15-13-8-6-4-2/h17-25H,3-16H2,1-2H3. The SMILES string of the molecule is CCCCCCCCCCc1ccc(OC(F)(F)c2c(F)c[c]c(Oc3ccc(CCCCCC)cc3)c2F)cc1. The molecule has 0 unspecified atom stereocenters. The van der Waals surface area contributed by atoms with Gasteiger partial charge in [0.1, 0.15) is 22.9 Å². The molecule has 0 aliphatic carbocycles. The first-order valence-electron chi connectivity index (χ1n) is 15.2. The molecule has 6 heteroatoms. The zero-order valence-corrected chi connectivity index (χ0v) is 24.4. The second-order valence-electron chi connectivity index (χ2n) is 10.7. The Bertz CT molecular complexity index is 1160. The van der Waals surface area contributed by atoms with E-state index in [1.165, 1.54) is 57.1 Å². The number of aryl methyl sites for hydroxylation is 2. The minimum atomic E-state index is -4.26. The van der Waals surface area contributed by atoms with Crippen molar-refractivity contribution in [1.29, 1.82) is 0 Å². The van der Waals surface area contributed by atoms with E-state index in [0.29, 0.717) is 6.07 Å². The summed E-state index contributed by atoms with van der Waals surface area (Å²) in [4.78, 5) is 0. The van der Waals surface area contributed by atoms with Gasteiger partial charge in [0.15, 0.2) is 11.6 Å². The summed E-state index contributed by atoms with van der Waals surface area (Å²) in [5.41, 5.74) is 0.587. The van der Waals surface area contributed by atoms with Crippen molar-refractivity contribution in [3.05, 3.63) is 89.0 Å². The fraction of sp³-hybridized carbons (Fsp3) is 0.486. The molecule has 0 heterocycles. The lowest BCUT2D eigenvalue weighted by atomic mass is 10.0. The van der Waals surface area contributed by atoms with Crippen LogP contribution >= 0.6 is 0 Å². The minimum Gasteiger partial charge on any atom is -0.454 e. The first-order valence-corrected chi connectivity index (χ1v) is 15.2. The van der Waals surface area contributed by atoms with Gasteiger partial charge in [-0.15, -0.1) is 0 Å². The molecule has 3 aromatic carbocycles. The van der Waals surface area contributed by atoms with Crippen LogP contribution in [-0.2, 0) is 19.0 Å². The summed E-state index contributed by atoms with van der Waals surface area (Å²) in [5.74, 6) is -3.58. The van der Waals surface area contributed by atoms with Crippen LogP contribution in [0.3, 0.4) is 0 Å². The number of halogens is 4. The van der Waals surface area contributed by atoms with E-state index in [1.54, 1.807) is 24.3 Å². The van der Waals surface area contributed by atoms with Gasteiger partial charge in [0.05, 0.1) is 0 Å². The normalized spacial score (nSPS) is 11.6. The van der Waals surface area contributed by atoms with Crippen LogP contribution in [0.4, 0.5) is 17.6 Å². The number of ether oxygens (including phenoxy) is 2. The molecule has 0 amide bonds. The predicted octanol–water partition coefficient (Wildman–Crippen LogP) is 11.5. The van der Waals surface area contributed by atoms with Crippen LogP contribution in [0.2, 0.25) is 0 Å². The van der Waals surface area contributed by atoms with Gasteiger partial charge in [-0.2, -0.15) is 8.78 Å². The summed E-state index contributed by atoms with van der Waals surface area (Å²) < 4.78 is 69.9. The fourth-order valence-electron chi connectivity index (χ4n) is 4.81. The van der Waals surface area contributed by atoms with Crippen molar-refractivity contribution in [3.63, 3.8) is 0 Å². The molecule has 2 nitrogen and oxygen atoms in total. The van der Waals surface area contributed by atoms with Crippen molar-refractivity contribution in [2.24, 2.45) is 0 Å². The van der Waals surface area contributed by atoms with E-state index < -0.39 is 29.1 Å². The molecule has 223 valence electrons. The van der Waals surface area contributed by atoms with Gasteiger partial charge in [-0.3, -0.25) is 0 Å². The highest BCUT2D eigenvalue weighted by atomic mass is 19.3. The highest BCUT2D eigenvalue weighted by Crippen LogP contribution is 2.39. The van der Waals surface area contributed by atoms with Gasteiger partial charge >= 0.3 is 6.11 Å². The predicted molar refractivity (Wildman–Crippen MR) is 157 cm³/mol. The molecule has 0 saturated carbocycles. The summed E-state index contributed by atoms with van der Waals surface area (Å²) in [7, 11) is 0. The van der Waals surface area contributed by atoms with E-state index in [9.17, 15) is 4.39 Å². The number of hydrogen-bond donors (Lipinski definition) is 0. The second-order valence-corrected chi connectivity index (χ2v) is 10.7. The van der Waals surface area contributed by atoms with Crippen LogP contribution in [0.15, 0.2) is 54.6 Å². The van der Waals surface area contributed by atoms with E-state index in [0.717, 1.165) is 56.1 Å². The van der Waals surface area contributed by atoms with Gasteiger partial charge < -0.3 is 9.47 Å². The Morgan fingerprint density at radius 1 is 0.634 bits per heavy atom. The van der Waals surface area contributed by atoms with E-state index >= 15 is 13.2 Å². The molecule has 0 aliphatic rings. The van der Waals surface area contributed by atoms with Crippen molar-refractivity contribution in [2.45, 2.75) is 110 Å². The molecule has 3 rings (SSSR count). The average molecular weight is 572 g/mol. The van der Waals surface area contributed by atoms with Crippen LogP contribution in [0.25, 0.3) is 0 Å². The van der Waals surface area contributed by atoms with E-state index in [1.807, 2.05) is 12.1 Å². The average Bonchev–Trinajstić information content (AvgIpc) is 2.95. The minimum absolute atomic E-state index is 0.182. The zero-order valence-electron chi connectivity index (χ0n) is 24.4. The molecule has 0 fully saturated rings. The summed E-state index contributed by atoms with van der Waals surface area (Å²) in [6, 6.07) is 16.1. The fourth-order valence-corrected chi connectivity index (χ4v) is 4.81. The molecule has 1 radical (unpaired) electrons. The summed E-state index contributed by atoms with van der Waals surface area (Å²) >= 11 is 0. The quantitative estimate of drug-likeness (QED) is 0.105. The second kappa shape index (κ2) is 17.1. The molecular formula is C35H43F4O2. The lowest BCUT2D eigenvalue weighted by molar-refractivity contribution is -0.189. The van der Waals surface area contributed by atoms with Crippen molar-refractivity contribution < 1.29 is 27.0 Å². The molecule has 3 aromatic rings. The van der Waals surface area contributed by atoms with Crippen LogP contribution in [0.5, 0.6) is 17.2 Å². The van der Waals surface area contributed by atoms with Gasteiger partial charge in [0.2, 0.25) is 0 Å². The molecular weight excluding hydrogens is 528 g/mol. The first-order chi connectivity index (χ1) is 19.8. The number of alkyl halides is 2. The monoisotopic (exact) mass is 571 g/mol. The van der Waals surface area contributed by atoms with Gasteiger partial charge in [-0.05, 0) is 67.1 Å². The third-order valence-electron chi connectivity index (χ3n) is 7.23. The largest absolute Gasteiger partial charge is 0.454 e. The summed E-state index contributed by atoms with van der Waals surface area (Å²) in [6.07, 6.45) is 11.7. The number of benzene rings is 3. The molecule has 0 bridgehead atoms. The molecule has 0 N–H and O–H groups in total. The molecule has 0 spiro atoms. The Hall–Kier alpha value is -3.02. The maximum absolute atomic E-state index is 15.1. The van der Waals surface area contributed by atoms with Crippen molar-refractivity contribution in [2.75, 3.05) is 0 Å². The van der Waals surface area contributed by atoms with Crippen molar-refractivity contribution in [1.82, 2.24) is 0 Å². The number of hydrogen-bond acceptors (Lipinski definition) is 2. The third kappa shape index (κ3) is 10.7. The Balaban J connectivity index is 1.57. The maximum atomic E-state index is 15.1. The lowest BCUT2D eigenvalue weighted by Gasteiger charge is -2.20. The molecule has 41 heavy (non-hydrogen) atoms. The van der Waals surface area contributed by atoms with Crippen LogP contribution < -0.4 is 9.47 Å². The highest BCUT2D eigenvalue weighted by molar-refractivity contribution is 5.38. The first kappa shape index (κ1) is 32.5. The Morgan fingerprint density at radius 2 is 1.10 bits per heavy atom. The molecule has 0 aromatic heterocycles. The molecule has 0 saturated heterocycles. The van der Waals surface area contributed by atoms with Gasteiger partial charge in [-0.1, -0.05) is 102 Å². The van der Waals surface area contributed by atoms with Crippen LogP contribution in [-0.4, -0.2) is 0 Å². The van der Waals surface area contributed by atoms with Crippen molar-refractivity contribution >= 4 is 0 Å². The Morgan fingerprint density at radius 3 is 1.63 bits per heavy atom. The maximum Gasteiger partial charge on any atom is 0.432 e. The molecule has 0 atom stereocenters. The lowest BCUT2D eigenvalue weighted by Crippen LogP contribution is -2.25. The molecule has 0 aliphatic heterocycles.